The van der Waals surface area contributed by atoms with E-state index in [1.165, 1.54) is 0 Å². The molecule has 28 heavy (non-hydrogen) atoms. The lowest BCUT2D eigenvalue weighted by Crippen LogP contribution is -2.22. The number of ether oxygens (including phenoxy) is 1. The number of hydrogen-bond acceptors (Lipinski definition) is 4. The first-order valence-electron chi connectivity index (χ1n) is 9.30. The van der Waals surface area contributed by atoms with E-state index in [4.69, 9.17) is 9.15 Å². The number of fused-ring (bicyclic) bond motifs is 3. The highest BCUT2D eigenvalue weighted by molar-refractivity contribution is 6.06. The molecule has 0 spiro atoms. The molecule has 5 heteroatoms. The van der Waals surface area contributed by atoms with Crippen molar-refractivity contribution in [3.63, 3.8) is 0 Å². The van der Waals surface area contributed by atoms with Gasteiger partial charge in [0.1, 0.15) is 16.9 Å². The highest BCUT2D eigenvalue weighted by Gasteiger charge is 2.13. The number of rotatable bonds is 6. The van der Waals surface area contributed by atoms with Crippen LogP contribution < -0.4 is 15.4 Å². The van der Waals surface area contributed by atoms with Crippen molar-refractivity contribution >= 4 is 39.2 Å². The summed E-state index contributed by atoms with van der Waals surface area (Å²) < 4.78 is 11.5. The Labute approximate surface area is 163 Å². The summed E-state index contributed by atoms with van der Waals surface area (Å²) in [5, 5.41) is 8.15. The van der Waals surface area contributed by atoms with E-state index < -0.39 is 0 Å². The van der Waals surface area contributed by atoms with Crippen molar-refractivity contribution in [3.05, 3.63) is 66.2 Å². The SMILES string of the molecule is CCc1ccccc1NC(=O)CNc1cc2oc3ccccc3c2cc1OC. The molecule has 0 radical (unpaired) electrons. The number of anilines is 2. The molecule has 3 aromatic carbocycles. The van der Waals surface area contributed by atoms with Gasteiger partial charge in [0, 0.05) is 22.5 Å². The molecular weight excluding hydrogens is 352 g/mol. The Morgan fingerprint density at radius 1 is 0.964 bits per heavy atom. The first kappa shape index (κ1) is 17.9. The Hall–Kier alpha value is -3.47. The predicted molar refractivity (Wildman–Crippen MR) is 113 cm³/mol. The predicted octanol–water partition coefficient (Wildman–Crippen LogP) is 5.21. The Bertz CT molecular complexity index is 1150. The number of aryl methyl sites for hydroxylation is 1. The van der Waals surface area contributed by atoms with Crippen molar-refractivity contribution < 1.29 is 13.9 Å². The van der Waals surface area contributed by atoms with Gasteiger partial charge in [-0.1, -0.05) is 43.3 Å². The second-order valence-corrected chi connectivity index (χ2v) is 6.56. The minimum Gasteiger partial charge on any atom is -0.495 e. The minimum absolute atomic E-state index is 0.118. The summed E-state index contributed by atoms with van der Waals surface area (Å²) in [6.45, 7) is 2.19. The Kier molecular flexibility index (Phi) is 4.89. The summed E-state index contributed by atoms with van der Waals surface area (Å²) in [4.78, 5) is 12.4. The van der Waals surface area contributed by atoms with Gasteiger partial charge >= 0.3 is 0 Å². The normalized spacial score (nSPS) is 10.9. The monoisotopic (exact) mass is 374 g/mol. The molecule has 1 heterocycles. The number of nitrogens with one attached hydrogen (secondary N) is 2. The highest BCUT2D eigenvalue weighted by atomic mass is 16.5. The van der Waals surface area contributed by atoms with Crippen LogP contribution in [-0.2, 0) is 11.2 Å². The number of benzene rings is 3. The number of furan rings is 1. The molecule has 1 aromatic heterocycles. The molecule has 0 aliphatic heterocycles. The average Bonchev–Trinajstić information content (AvgIpc) is 3.09. The Balaban J connectivity index is 1.55. The maximum Gasteiger partial charge on any atom is 0.243 e. The number of amides is 1. The third kappa shape index (κ3) is 3.39. The third-order valence-corrected chi connectivity index (χ3v) is 4.81. The second kappa shape index (κ2) is 7.64. The number of methoxy groups -OCH3 is 1. The molecule has 0 aliphatic carbocycles. The zero-order valence-electron chi connectivity index (χ0n) is 15.9. The molecule has 0 bridgehead atoms. The van der Waals surface area contributed by atoms with Crippen LogP contribution >= 0.6 is 0 Å². The summed E-state index contributed by atoms with van der Waals surface area (Å²) in [5.41, 5.74) is 4.24. The topological polar surface area (TPSA) is 63.5 Å². The lowest BCUT2D eigenvalue weighted by Gasteiger charge is -2.13. The van der Waals surface area contributed by atoms with Gasteiger partial charge in [-0.3, -0.25) is 4.79 Å². The van der Waals surface area contributed by atoms with E-state index in [9.17, 15) is 4.79 Å². The molecule has 0 aliphatic rings. The Morgan fingerprint density at radius 2 is 1.75 bits per heavy atom. The molecule has 0 fully saturated rings. The molecule has 0 atom stereocenters. The lowest BCUT2D eigenvalue weighted by molar-refractivity contribution is -0.114. The highest BCUT2D eigenvalue weighted by Crippen LogP contribution is 2.36. The molecule has 4 rings (SSSR count). The Morgan fingerprint density at radius 3 is 2.57 bits per heavy atom. The van der Waals surface area contributed by atoms with E-state index in [1.807, 2.05) is 60.7 Å². The fourth-order valence-corrected chi connectivity index (χ4v) is 3.38. The quantitative estimate of drug-likeness (QED) is 0.486. The summed E-state index contributed by atoms with van der Waals surface area (Å²) in [7, 11) is 1.62. The second-order valence-electron chi connectivity index (χ2n) is 6.56. The fourth-order valence-electron chi connectivity index (χ4n) is 3.38. The van der Waals surface area contributed by atoms with E-state index in [0.29, 0.717) is 11.4 Å². The van der Waals surface area contributed by atoms with Crippen LogP contribution in [0.15, 0.2) is 65.1 Å². The molecule has 1 amide bonds. The van der Waals surface area contributed by atoms with Crippen LogP contribution in [0.4, 0.5) is 11.4 Å². The van der Waals surface area contributed by atoms with Gasteiger partial charge in [-0.15, -0.1) is 0 Å². The molecule has 0 saturated carbocycles. The van der Waals surface area contributed by atoms with Crippen molar-refractivity contribution in [3.8, 4) is 5.75 Å². The zero-order valence-corrected chi connectivity index (χ0v) is 15.9. The maximum absolute atomic E-state index is 12.4. The summed E-state index contributed by atoms with van der Waals surface area (Å²) in [6.07, 6.45) is 0.862. The lowest BCUT2D eigenvalue weighted by atomic mass is 10.1. The molecule has 4 aromatic rings. The van der Waals surface area contributed by atoms with Crippen LogP contribution in [0.2, 0.25) is 0 Å². The van der Waals surface area contributed by atoms with Crippen LogP contribution in [0.5, 0.6) is 5.75 Å². The van der Waals surface area contributed by atoms with Gasteiger partial charge < -0.3 is 19.8 Å². The van der Waals surface area contributed by atoms with Gasteiger partial charge in [0.15, 0.2) is 0 Å². The molecule has 5 nitrogen and oxygen atoms in total. The van der Waals surface area contributed by atoms with E-state index >= 15 is 0 Å². The van der Waals surface area contributed by atoms with E-state index in [1.54, 1.807) is 7.11 Å². The van der Waals surface area contributed by atoms with Crippen molar-refractivity contribution in [1.82, 2.24) is 0 Å². The minimum atomic E-state index is -0.118. The smallest absolute Gasteiger partial charge is 0.243 e. The van der Waals surface area contributed by atoms with Gasteiger partial charge in [-0.25, -0.2) is 0 Å². The van der Waals surface area contributed by atoms with Gasteiger partial charge in [0.2, 0.25) is 5.91 Å². The zero-order chi connectivity index (χ0) is 19.5. The average molecular weight is 374 g/mol. The molecular formula is C23H22N2O3. The van der Waals surface area contributed by atoms with Crippen LogP contribution in [0.25, 0.3) is 21.9 Å². The number of carbonyl (C=O) groups is 1. The number of hydrogen-bond donors (Lipinski definition) is 2. The van der Waals surface area contributed by atoms with Gasteiger partial charge in [0.25, 0.3) is 0 Å². The van der Waals surface area contributed by atoms with Crippen molar-refractivity contribution in [2.75, 3.05) is 24.3 Å². The van der Waals surface area contributed by atoms with Gasteiger partial charge in [-0.05, 0) is 30.2 Å². The standard InChI is InChI=1S/C23H22N2O3/c1-3-15-8-4-6-10-18(15)25-23(26)14-24-19-13-21-17(12-22(19)27-2)16-9-5-7-11-20(16)28-21/h4-13,24H,3,14H2,1-2H3,(H,25,26). The van der Waals surface area contributed by atoms with E-state index in [-0.39, 0.29) is 12.5 Å². The van der Waals surface area contributed by atoms with Crippen molar-refractivity contribution in [1.29, 1.82) is 0 Å². The molecule has 0 unspecified atom stereocenters. The van der Waals surface area contributed by atoms with Crippen molar-refractivity contribution in [2.24, 2.45) is 0 Å². The molecule has 0 saturated heterocycles. The first-order valence-corrected chi connectivity index (χ1v) is 9.30. The van der Waals surface area contributed by atoms with E-state index in [2.05, 4.69) is 17.6 Å². The van der Waals surface area contributed by atoms with Gasteiger partial charge in [0.05, 0.1) is 19.3 Å². The fraction of sp³-hybridized carbons (Fsp3) is 0.174. The van der Waals surface area contributed by atoms with Gasteiger partial charge in [-0.2, -0.15) is 0 Å². The first-order chi connectivity index (χ1) is 13.7. The summed E-state index contributed by atoms with van der Waals surface area (Å²) in [5.74, 6) is 0.550. The molecule has 2 N–H and O–H groups in total. The largest absolute Gasteiger partial charge is 0.495 e. The summed E-state index contributed by atoms with van der Waals surface area (Å²) in [6, 6.07) is 19.5. The third-order valence-electron chi connectivity index (χ3n) is 4.81. The number of para-hydroxylation sites is 2. The maximum atomic E-state index is 12.4. The number of carbonyl (C=O) groups excluding carboxylic acids is 1. The van der Waals surface area contributed by atoms with Crippen LogP contribution in [0, 0.1) is 0 Å². The van der Waals surface area contributed by atoms with E-state index in [0.717, 1.165) is 39.6 Å². The summed E-state index contributed by atoms with van der Waals surface area (Å²) >= 11 is 0. The van der Waals surface area contributed by atoms with Crippen LogP contribution in [0.3, 0.4) is 0 Å². The molecule has 142 valence electrons. The van der Waals surface area contributed by atoms with Crippen LogP contribution in [0.1, 0.15) is 12.5 Å². The van der Waals surface area contributed by atoms with Crippen LogP contribution in [-0.4, -0.2) is 19.6 Å². The van der Waals surface area contributed by atoms with Crippen molar-refractivity contribution in [2.45, 2.75) is 13.3 Å².